The van der Waals surface area contributed by atoms with Gasteiger partial charge in [-0.15, -0.1) is 0 Å². The highest BCUT2D eigenvalue weighted by atomic mass is 16.5. The molecule has 7 heteroatoms. The van der Waals surface area contributed by atoms with Crippen molar-refractivity contribution in [2.24, 2.45) is 0 Å². The van der Waals surface area contributed by atoms with Crippen LogP contribution in [0.1, 0.15) is 24.5 Å². The summed E-state index contributed by atoms with van der Waals surface area (Å²) in [7, 11) is 3.12. The van der Waals surface area contributed by atoms with Crippen LogP contribution >= 0.6 is 0 Å². The number of H-pyrrole nitrogens is 1. The number of nitrogens with one attached hydrogen (secondary N) is 1. The van der Waals surface area contributed by atoms with E-state index in [9.17, 15) is 4.79 Å². The van der Waals surface area contributed by atoms with E-state index >= 15 is 0 Å². The first-order valence-corrected chi connectivity index (χ1v) is 8.64. The summed E-state index contributed by atoms with van der Waals surface area (Å²) in [6.45, 7) is 4.62. The van der Waals surface area contributed by atoms with Crippen LogP contribution in [0.5, 0.6) is 11.5 Å². The van der Waals surface area contributed by atoms with E-state index in [1.165, 1.54) is 5.69 Å². The standard InChI is InChI=1S/C19H22N4O3/c1-12-15-5-4-6-22(15)7-8-23(12)11-18-20-14-10-17(26-3)16(25-2)9-13(14)19(24)21-18/h4-6,9-10,12H,7-8,11H2,1-3H3,(H,20,21,24). The molecular weight excluding hydrogens is 332 g/mol. The summed E-state index contributed by atoms with van der Waals surface area (Å²) in [6, 6.07) is 7.90. The number of methoxy groups -OCH3 is 2. The fourth-order valence-corrected chi connectivity index (χ4v) is 3.62. The number of ether oxygens (including phenoxy) is 2. The molecule has 7 nitrogen and oxygen atoms in total. The molecule has 1 aromatic carbocycles. The van der Waals surface area contributed by atoms with Crippen molar-refractivity contribution in [3.05, 3.63) is 52.3 Å². The number of aromatic amines is 1. The van der Waals surface area contributed by atoms with Crippen LogP contribution in [0.25, 0.3) is 10.9 Å². The average molecular weight is 354 g/mol. The number of benzene rings is 1. The second-order valence-corrected chi connectivity index (χ2v) is 6.51. The number of fused-ring (bicyclic) bond motifs is 2. The third-order valence-corrected chi connectivity index (χ3v) is 5.08. The van der Waals surface area contributed by atoms with Crippen LogP contribution in [0.3, 0.4) is 0 Å². The van der Waals surface area contributed by atoms with Crippen molar-refractivity contribution in [3.63, 3.8) is 0 Å². The number of hydrogen-bond acceptors (Lipinski definition) is 5. The zero-order valence-corrected chi connectivity index (χ0v) is 15.2. The molecule has 0 amide bonds. The van der Waals surface area contributed by atoms with Gasteiger partial charge in [0.05, 0.1) is 31.7 Å². The predicted octanol–water partition coefficient (Wildman–Crippen LogP) is 2.32. The fourth-order valence-electron chi connectivity index (χ4n) is 3.62. The Balaban J connectivity index is 1.68. The van der Waals surface area contributed by atoms with E-state index in [1.54, 1.807) is 26.4 Å². The lowest BCUT2D eigenvalue weighted by Crippen LogP contribution is -2.36. The molecule has 2 aromatic heterocycles. The lowest BCUT2D eigenvalue weighted by Gasteiger charge is -2.34. The van der Waals surface area contributed by atoms with Gasteiger partial charge in [-0.3, -0.25) is 9.69 Å². The molecule has 0 fully saturated rings. The van der Waals surface area contributed by atoms with Crippen molar-refractivity contribution >= 4 is 10.9 Å². The van der Waals surface area contributed by atoms with E-state index in [1.807, 2.05) is 0 Å². The van der Waals surface area contributed by atoms with Crippen LogP contribution in [0.15, 0.2) is 35.3 Å². The first-order chi connectivity index (χ1) is 12.6. The first kappa shape index (κ1) is 16.7. The second kappa shape index (κ2) is 6.49. The van der Waals surface area contributed by atoms with Crippen LogP contribution < -0.4 is 15.0 Å². The summed E-state index contributed by atoms with van der Waals surface area (Å²) >= 11 is 0. The zero-order valence-electron chi connectivity index (χ0n) is 15.2. The van der Waals surface area contributed by atoms with Crippen LogP contribution in [0.2, 0.25) is 0 Å². The topological polar surface area (TPSA) is 72.4 Å². The summed E-state index contributed by atoms with van der Waals surface area (Å²) < 4.78 is 12.9. The quantitative estimate of drug-likeness (QED) is 0.778. The summed E-state index contributed by atoms with van der Waals surface area (Å²) in [4.78, 5) is 22.4. The summed E-state index contributed by atoms with van der Waals surface area (Å²) in [6.07, 6.45) is 2.11. The Hall–Kier alpha value is -2.80. The Morgan fingerprint density at radius 1 is 1.23 bits per heavy atom. The Kier molecular flexibility index (Phi) is 4.16. The molecule has 1 aliphatic heterocycles. The Morgan fingerprint density at radius 2 is 2.00 bits per heavy atom. The van der Waals surface area contributed by atoms with Gasteiger partial charge in [-0.05, 0) is 25.1 Å². The second-order valence-electron chi connectivity index (χ2n) is 6.51. The van der Waals surface area contributed by atoms with Crippen LogP contribution in [-0.4, -0.2) is 40.2 Å². The third kappa shape index (κ3) is 2.74. The minimum atomic E-state index is -0.168. The lowest BCUT2D eigenvalue weighted by atomic mass is 10.1. The minimum absolute atomic E-state index is 0.168. The number of aromatic nitrogens is 3. The normalized spacial score (nSPS) is 17.3. The van der Waals surface area contributed by atoms with Crippen molar-refractivity contribution in [2.75, 3.05) is 20.8 Å². The van der Waals surface area contributed by atoms with Gasteiger partial charge in [0.2, 0.25) is 0 Å². The van der Waals surface area contributed by atoms with E-state index < -0.39 is 0 Å². The molecule has 1 N–H and O–H groups in total. The summed E-state index contributed by atoms with van der Waals surface area (Å²) in [5.74, 6) is 1.74. The fraction of sp³-hybridized carbons (Fsp3) is 0.368. The Morgan fingerprint density at radius 3 is 2.77 bits per heavy atom. The SMILES string of the molecule is COc1cc2nc(CN3CCn4cccc4C3C)[nH]c(=O)c2cc1OC. The maximum absolute atomic E-state index is 12.5. The first-order valence-electron chi connectivity index (χ1n) is 8.64. The van der Waals surface area contributed by atoms with Gasteiger partial charge in [-0.1, -0.05) is 0 Å². The van der Waals surface area contributed by atoms with E-state index in [0.717, 1.165) is 13.1 Å². The van der Waals surface area contributed by atoms with Gasteiger partial charge in [-0.25, -0.2) is 4.98 Å². The van der Waals surface area contributed by atoms with Gasteiger partial charge in [0, 0.05) is 37.1 Å². The highest BCUT2D eigenvalue weighted by Gasteiger charge is 2.24. The zero-order chi connectivity index (χ0) is 18.3. The summed E-state index contributed by atoms with van der Waals surface area (Å²) in [5.41, 5.74) is 1.72. The number of nitrogens with zero attached hydrogens (tertiary/aromatic N) is 3. The molecule has 0 aliphatic carbocycles. The Labute approximate surface area is 151 Å². The van der Waals surface area contributed by atoms with Crippen molar-refractivity contribution in [2.45, 2.75) is 26.1 Å². The molecule has 0 saturated heterocycles. The van der Waals surface area contributed by atoms with Gasteiger partial charge in [-0.2, -0.15) is 0 Å². The molecule has 4 rings (SSSR count). The van der Waals surface area contributed by atoms with Gasteiger partial charge < -0.3 is 19.0 Å². The van der Waals surface area contributed by atoms with Gasteiger partial charge >= 0.3 is 0 Å². The third-order valence-electron chi connectivity index (χ3n) is 5.08. The van der Waals surface area contributed by atoms with E-state index in [4.69, 9.17) is 9.47 Å². The number of rotatable bonds is 4. The smallest absolute Gasteiger partial charge is 0.258 e. The molecule has 0 saturated carbocycles. The molecule has 0 bridgehead atoms. The highest BCUT2D eigenvalue weighted by Crippen LogP contribution is 2.30. The van der Waals surface area contributed by atoms with Crippen LogP contribution in [0.4, 0.5) is 0 Å². The van der Waals surface area contributed by atoms with Crippen molar-refractivity contribution in [3.8, 4) is 11.5 Å². The molecule has 3 heterocycles. The molecule has 1 aliphatic rings. The maximum atomic E-state index is 12.5. The molecule has 3 aromatic rings. The molecule has 0 radical (unpaired) electrons. The molecular formula is C19H22N4O3. The molecule has 136 valence electrons. The van der Waals surface area contributed by atoms with E-state index in [2.05, 4.69) is 44.7 Å². The van der Waals surface area contributed by atoms with Crippen molar-refractivity contribution in [1.82, 2.24) is 19.4 Å². The Bertz CT molecular complexity index is 1010. The lowest BCUT2D eigenvalue weighted by molar-refractivity contribution is 0.157. The molecule has 1 atom stereocenters. The molecule has 26 heavy (non-hydrogen) atoms. The predicted molar refractivity (Wildman–Crippen MR) is 98.7 cm³/mol. The summed E-state index contributed by atoms with van der Waals surface area (Å²) in [5, 5.41) is 0.493. The maximum Gasteiger partial charge on any atom is 0.258 e. The molecule has 1 unspecified atom stereocenters. The van der Waals surface area contributed by atoms with E-state index in [0.29, 0.717) is 34.8 Å². The van der Waals surface area contributed by atoms with Crippen molar-refractivity contribution in [1.29, 1.82) is 0 Å². The largest absolute Gasteiger partial charge is 0.493 e. The van der Waals surface area contributed by atoms with Crippen molar-refractivity contribution < 1.29 is 9.47 Å². The minimum Gasteiger partial charge on any atom is -0.493 e. The monoisotopic (exact) mass is 354 g/mol. The highest BCUT2D eigenvalue weighted by molar-refractivity contribution is 5.81. The van der Waals surface area contributed by atoms with Gasteiger partial charge in [0.15, 0.2) is 11.5 Å². The van der Waals surface area contributed by atoms with Crippen LogP contribution in [-0.2, 0) is 13.1 Å². The number of hydrogen-bond donors (Lipinski definition) is 1. The van der Waals surface area contributed by atoms with Gasteiger partial charge in [0.1, 0.15) is 5.82 Å². The van der Waals surface area contributed by atoms with Gasteiger partial charge in [0.25, 0.3) is 5.56 Å². The molecule has 0 spiro atoms. The average Bonchev–Trinajstić information content (AvgIpc) is 3.12. The van der Waals surface area contributed by atoms with Crippen LogP contribution in [0, 0.1) is 0 Å². The van der Waals surface area contributed by atoms with E-state index in [-0.39, 0.29) is 11.6 Å².